The zero-order chi connectivity index (χ0) is 6.85. The van der Waals surface area contributed by atoms with E-state index < -0.39 is 6.23 Å². The molecule has 1 fully saturated rings. The maximum Gasteiger partial charge on any atom is 0.238 e. The summed E-state index contributed by atoms with van der Waals surface area (Å²) in [5.41, 5.74) is 0. The van der Waals surface area contributed by atoms with Crippen LogP contribution in [0.15, 0.2) is 0 Å². The van der Waals surface area contributed by atoms with E-state index >= 15 is 0 Å². The first kappa shape index (κ1) is 6.51. The van der Waals surface area contributed by atoms with Gasteiger partial charge in [0.1, 0.15) is 6.23 Å². The van der Waals surface area contributed by atoms with E-state index in [9.17, 15) is 4.79 Å². The number of rotatable bonds is 0. The highest BCUT2D eigenvalue weighted by Crippen LogP contribution is 2.11. The first-order chi connectivity index (χ1) is 4.22. The number of hydrogen-bond acceptors (Lipinski definition) is 3. The molecule has 1 saturated heterocycles. The number of aliphatic hydroxyl groups is 1. The number of piperidine rings is 1. The summed E-state index contributed by atoms with van der Waals surface area (Å²) in [5, 5.41) is 9.82. The normalized spacial score (nSPS) is 28.9. The van der Waals surface area contributed by atoms with E-state index in [2.05, 4.69) is 0 Å². The van der Waals surface area contributed by atoms with Gasteiger partial charge >= 0.3 is 0 Å². The van der Waals surface area contributed by atoms with Crippen molar-refractivity contribution in [3.8, 4) is 0 Å². The van der Waals surface area contributed by atoms with E-state index in [-0.39, 0.29) is 5.91 Å². The molecular formula is C5H10N2O2. The molecule has 4 nitrogen and oxygen atoms in total. The molecule has 0 aromatic carbocycles. The summed E-state index contributed by atoms with van der Waals surface area (Å²) in [4.78, 5) is 10.6. The van der Waals surface area contributed by atoms with Crippen molar-refractivity contribution < 1.29 is 9.90 Å². The van der Waals surface area contributed by atoms with Crippen molar-refractivity contribution in [2.45, 2.75) is 25.5 Å². The van der Waals surface area contributed by atoms with Gasteiger partial charge in [-0.2, -0.15) is 0 Å². The van der Waals surface area contributed by atoms with E-state index in [0.29, 0.717) is 12.8 Å². The molecule has 1 aliphatic heterocycles. The molecule has 0 spiro atoms. The molecule has 1 heterocycles. The third kappa shape index (κ3) is 1.20. The highest BCUT2D eigenvalue weighted by atomic mass is 16.3. The predicted octanol–water partition coefficient (Wildman–Crippen LogP) is -0.809. The van der Waals surface area contributed by atoms with E-state index in [0.717, 1.165) is 11.4 Å². The van der Waals surface area contributed by atoms with Crippen molar-refractivity contribution >= 4 is 5.91 Å². The Kier molecular flexibility index (Phi) is 1.68. The minimum Gasteiger partial charge on any atom is -0.372 e. The van der Waals surface area contributed by atoms with Crippen LogP contribution in [0.1, 0.15) is 19.3 Å². The van der Waals surface area contributed by atoms with Crippen molar-refractivity contribution in [1.29, 1.82) is 0 Å². The van der Waals surface area contributed by atoms with Gasteiger partial charge in [-0.05, 0) is 12.8 Å². The van der Waals surface area contributed by atoms with Crippen LogP contribution in [0.3, 0.4) is 0 Å². The molecule has 9 heavy (non-hydrogen) atoms. The van der Waals surface area contributed by atoms with Crippen molar-refractivity contribution in [3.05, 3.63) is 0 Å². The fraction of sp³-hybridized carbons (Fsp3) is 0.800. The topological polar surface area (TPSA) is 66.6 Å². The van der Waals surface area contributed by atoms with Crippen LogP contribution >= 0.6 is 0 Å². The Hall–Kier alpha value is -0.610. The summed E-state index contributed by atoms with van der Waals surface area (Å²) in [6.45, 7) is 0. The molecule has 1 rings (SSSR count). The van der Waals surface area contributed by atoms with Crippen LogP contribution in [-0.4, -0.2) is 22.3 Å². The Morgan fingerprint density at radius 2 is 2.44 bits per heavy atom. The number of carbonyl (C=O) groups is 1. The van der Waals surface area contributed by atoms with Crippen molar-refractivity contribution in [1.82, 2.24) is 5.01 Å². The number of hydrazine groups is 1. The lowest BCUT2D eigenvalue weighted by molar-refractivity contribution is -0.146. The number of amides is 1. The van der Waals surface area contributed by atoms with Gasteiger partial charge in [0.05, 0.1) is 0 Å². The molecule has 0 aliphatic carbocycles. The fourth-order valence-electron chi connectivity index (χ4n) is 0.870. The number of hydrogen-bond donors (Lipinski definition) is 2. The second kappa shape index (κ2) is 2.33. The molecule has 4 heteroatoms. The highest BCUT2D eigenvalue weighted by molar-refractivity contribution is 5.76. The molecular weight excluding hydrogens is 120 g/mol. The highest BCUT2D eigenvalue weighted by Gasteiger charge is 2.22. The Morgan fingerprint density at radius 1 is 1.78 bits per heavy atom. The number of carbonyl (C=O) groups excluding carboxylic acids is 1. The summed E-state index contributed by atoms with van der Waals surface area (Å²) < 4.78 is 0. The third-order valence-corrected chi connectivity index (χ3v) is 1.46. The second-order valence-electron chi connectivity index (χ2n) is 2.17. The maximum absolute atomic E-state index is 10.6. The lowest BCUT2D eigenvalue weighted by Gasteiger charge is -2.26. The van der Waals surface area contributed by atoms with Crippen molar-refractivity contribution in [2.24, 2.45) is 5.84 Å². The van der Waals surface area contributed by atoms with Gasteiger partial charge in [0.15, 0.2) is 0 Å². The van der Waals surface area contributed by atoms with E-state index in [4.69, 9.17) is 10.9 Å². The van der Waals surface area contributed by atoms with Gasteiger partial charge in [0.2, 0.25) is 5.91 Å². The Balaban J connectivity index is 2.51. The predicted molar refractivity (Wildman–Crippen MR) is 30.9 cm³/mol. The molecule has 0 saturated carbocycles. The lowest BCUT2D eigenvalue weighted by Crippen LogP contribution is -2.48. The summed E-state index contributed by atoms with van der Waals surface area (Å²) in [7, 11) is 0. The minimum atomic E-state index is -0.758. The van der Waals surface area contributed by atoms with Crippen LogP contribution in [0, 0.1) is 0 Å². The van der Waals surface area contributed by atoms with Crippen molar-refractivity contribution in [2.75, 3.05) is 0 Å². The van der Waals surface area contributed by atoms with Crippen LogP contribution in [0.4, 0.5) is 0 Å². The summed E-state index contributed by atoms with van der Waals surface area (Å²) in [5.74, 6) is 4.98. The van der Waals surface area contributed by atoms with Gasteiger partial charge in [-0.25, -0.2) is 5.84 Å². The Morgan fingerprint density at radius 3 is 2.89 bits per heavy atom. The van der Waals surface area contributed by atoms with Gasteiger partial charge in [-0.1, -0.05) is 0 Å². The van der Waals surface area contributed by atoms with Gasteiger partial charge in [-0.15, -0.1) is 0 Å². The van der Waals surface area contributed by atoms with Gasteiger partial charge in [0, 0.05) is 6.42 Å². The summed E-state index contributed by atoms with van der Waals surface area (Å²) in [6.07, 6.45) is 1.05. The van der Waals surface area contributed by atoms with Crippen LogP contribution in [-0.2, 0) is 4.79 Å². The Labute approximate surface area is 53.2 Å². The van der Waals surface area contributed by atoms with Crippen LogP contribution in [0.25, 0.3) is 0 Å². The molecule has 3 N–H and O–H groups in total. The minimum absolute atomic E-state index is 0.172. The number of nitrogens with zero attached hydrogens (tertiary/aromatic N) is 1. The SMILES string of the molecule is NN1C(=O)CCCC1O. The molecule has 1 amide bonds. The third-order valence-electron chi connectivity index (χ3n) is 1.46. The molecule has 0 bridgehead atoms. The summed E-state index contributed by atoms with van der Waals surface area (Å²) in [6, 6.07) is 0. The molecule has 1 atom stereocenters. The van der Waals surface area contributed by atoms with Crippen LogP contribution < -0.4 is 5.84 Å². The summed E-state index contributed by atoms with van der Waals surface area (Å²) >= 11 is 0. The maximum atomic E-state index is 10.6. The Bertz CT molecular complexity index is 126. The van der Waals surface area contributed by atoms with E-state index in [1.54, 1.807) is 0 Å². The van der Waals surface area contributed by atoms with Crippen LogP contribution in [0.2, 0.25) is 0 Å². The largest absolute Gasteiger partial charge is 0.372 e. The second-order valence-corrected chi connectivity index (χ2v) is 2.17. The lowest BCUT2D eigenvalue weighted by atomic mass is 10.1. The van der Waals surface area contributed by atoms with Gasteiger partial charge in [-0.3, -0.25) is 9.80 Å². The van der Waals surface area contributed by atoms with E-state index in [1.165, 1.54) is 0 Å². The smallest absolute Gasteiger partial charge is 0.238 e. The fourth-order valence-corrected chi connectivity index (χ4v) is 0.870. The molecule has 0 radical (unpaired) electrons. The standard InChI is InChI=1S/C5H10N2O2/c6-7-4(8)2-1-3-5(7)9/h4,8H,1-3,6H2. The number of nitrogens with two attached hydrogens (primary N) is 1. The molecule has 0 aromatic rings. The molecule has 52 valence electrons. The average Bonchev–Trinajstić information content (AvgIpc) is 1.83. The average molecular weight is 130 g/mol. The zero-order valence-corrected chi connectivity index (χ0v) is 5.08. The van der Waals surface area contributed by atoms with E-state index in [1.807, 2.05) is 0 Å². The monoisotopic (exact) mass is 130 g/mol. The van der Waals surface area contributed by atoms with Crippen molar-refractivity contribution in [3.63, 3.8) is 0 Å². The number of aliphatic hydroxyl groups excluding tert-OH is 1. The van der Waals surface area contributed by atoms with Gasteiger partial charge < -0.3 is 5.11 Å². The first-order valence-corrected chi connectivity index (χ1v) is 2.96. The zero-order valence-electron chi connectivity index (χ0n) is 5.08. The first-order valence-electron chi connectivity index (χ1n) is 2.96. The quantitative estimate of drug-likeness (QED) is 0.333. The molecule has 1 aliphatic rings. The van der Waals surface area contributed by atoms with Gasteiger partial charge in [0.25, 0.3) is 0 Å². The molecule has 1 unspecified atom stereocenters. The van der Waals surface area contributed by atoms with Crippen LogP contribution in [0.5, 0.6) is 0 Å². The molecule has 0 aromatic heterocycles.